The highest BCUT2D eigenvalue weighted by Gasteiger charge is 2.30. The van der Waals surface area contributed by atoms with Crippen LogP contribution in [0.25, 0.3) is 0 Å². The molecular weight excluding hydrogens is 268 g/mol. The van der Waals surface area contributed by atoms with Crippen LogP contribution in [0.3, 0.4) is 0 Å². The second-order valence-corrected chi connectivity index (χ2v) is 5.01. The predicted molar refractivity (Wildman–Crippen MR) is 72.0 cm³/mol. The number of carbonyl (C=O) groups excluding carboxylic acids is 2. The van der Waals surface area contributed by atoms with E-state index < -0.39 is 12.1 Å². The van der Waals surface area contributed by atoms with Gasteiger partial charge in [-0.3, -0.25) is 14.9 Å². The Hall–Kier alpha value is -1.59. The Morgan fingerprint density at radius 2 is 2.16 bits per heavy atom. The summed E-state index contributed by atoms with van der Waals surface area (Å²) in [6.45, 7) is 3.46. The van der Waals surface area contributed by atoms with E-state index in [-0.39, 0.29) is 18.4 Å². The van der Waals surface area contributed by atoms with Crippen molar-refractivity contribution in [3.8, 4) is 0 Å². The number of nitrogens with one attached hydrogen (secondary N) is 1. The molecule has 1 fully saturated rings. The molecule has 0 bridgehead atoms. The maximum Gasteiger partial charge on any atom is 0.249 e. The molecule has 102 valence electrons. The molecule has 1 saturated heterocycles. The topological polar surface area (TPSA) is 69.6 Å². The zero-order valence-electron chi connectivity index (χ0n) is 10.7. The van der Waals surface area contributed by atoms with Crippen molar-refractivity contribution in [1.82, 2.24) is 5.32 Å². The summed E-state index contributed by atoms with van der Waals surface area (Å²) in [4.78, 5) is 24.7. The molecule has 0 aromatic heterocycles. The number of rotatable bonds is 2. The third-order valence-electron chi connectivity index (χ3n) is 3.19. The summed E-state index contributed by atoms with van der Waals surface area (Å²) in [7, 11) is 0. The summed E-state index contributed by atoms with van der Waals surface area (Å²) in [6, 6.07) is 4.67. The molecule has 5 nitrogen and oxygen atoms in total. The van der Waals surface area contributed by atoms with Gasteiger partial charge in [0.1, 0.15) is 6.04 Å². The molecule has 2 rings (SSSR count). The molecule has 0 spiro atoms. The molecular formula is C13H15ClN2O3. The largest absolute Gasteiger partial charge is 0.389 e. The van der Waals surface area contributed by atoms with Gasteiger partial charge in [-0.1, -0.05) is 17.7 Å². The summed E-state index contributed by atoms with van der Waals surface area (Å²) in [6.07, 6.45) is -0.662. The Kier molecular flexibility index (Phi) is 3.78. The minimum absolute atomic E-state index is 0.108. The summed E-state index contributed by atoms with van der Waals surface area (Å²) >= 11 is 6.09. The number of benzene rings is 1. The van der Waals surface area contributed by atoms with Crippen molar-refractivity contribution >= 4 is 29.1 Å². The Labute approximate surface area is 116 Å². The van der Waals surface area contributed by atoms with E-state index in [9.17, 15) is 14.7 Å². The van der Waals surface area contributed by atoms with Crippen LogP contribution in [-0.4, -0.2) is 29.5 Å². The third kappa shape index (κ3) is 2.72. The molecule has 1 aliphatic rings. The van der Waals surface area contributed by atoms with E-state index in [1.54, 1.807) is 36.9 Å². The van der Waals surface area contributed by atoms with Crippen LogP contribution in [0.15, 0.2) is 18.2 Å². The van der Waals surface area contributed by atoms with Gasteiger partial charge >= 0.3 is 0 Å². The normalized spacial score (nSPS) is 21.3. The summed E-state index contributed by atoms with van der Waals surface area (Å²) in [5.74, 6) is -0.661. The average Bonchev–Trinajstić information content (AvgIpc) is 2.33. The fraction of sp³-hybridized carbons (Fsp3) is 0.385. The minimum Gasteiger partial charge on any atom is -0.389 e. The van der Waals surface area contributed by atoms with Gasteiger partial charge in [0.05, 0.1) is 12.6 Å². The van der Waals surface area contributed by atoms with Crippen LogP contribution in [-0.2, 0) is 9.59 Å². The smallest absolute Gasteiger partial charge is 0.249 e. The molecule has 2 unspecified atom stereocenters. The maximum atomic E-state index is 11.6. The van der Waals surface area contributed by atoms with Crippen molar-refractivity contribution in [1.29, 1.82) is 0 Å². The molecule has 6 heteroatoms. The lowest BCUT2D eigenvalue weighted by Gasteiger charge is -2.33. The average molecular weight is 283 g/mol. The molecule has 1 aliphatic heterocycles. The summed E-state index contributed by atoms with van der Waals surface area (Å²) in [5, 5.41) is 12.2. The molecule has 0 radical (unpaired) electrons. The van der Waals surface area contributed by atoms with E-state index in [1.165, 1.54) is 0 Å². The van der Waals surface area contributed by atoms with Gasteiger partial charge in [-0.15, -0.1) is 0 Å². The van der Waals surface area contributed by atoms with Crippen LogP contribution in [0.2, 0.25) is 5.02 Å². The number of piperazine rings is 1. The SMILES string of the molecule is CC(O)c1ccc(N2CC(=O)NC(=O)C2C)cc1Cl. The van der Waals surface area contributed by atoms with E-state index in [0.717, 1.165) is 0 Å². The maximum absolute atomic E-state index is 11.6. The highest BCUT2D eigenvalue weighted by molar-refractivity contribution is 6.31. The molecule has 0 saturated carbocycles. The van der Waals surface area contributed by atoms with Crippen LogP contribution in [0.5, 0.6) is 0 Å². The number of hydrogen-bond donors (Lipinski definition) is 2. The monoisotopic (exact) mass is 282 g/mol. The Morgan fingerprint density at radius 1 is 1.47 bits per heavy atom. The molecule has 1 aromatic carbocycles. The first kappa shape index (κ1) is 13.8. The lowest BCUT2D eigenvalue weighted by molar-refractivity contribution is -0.132. The first-order chi connectivity index (χ1) is 8.90. The Balaban J connectivity index is 2.33. The molecule has 1 aromatic rings. The number of imide groups is 1. The van der Waals surface area contributed by atoms with Gasteiger partial charge in [-0.2, -0.15) is 0 Å². The van der Waals surface area contributed by atoms with Gasteiger partial charge in [0.2, 0.25) is 11.8 Å². The summed E-state index contributed by atoms with van der Waals surface area (Å²) < 4.78 is 0. The zero-order valence-corrected chi connectivity index (χ0v) is 11.4. The standard InChI is InChI=1S/C13H15ClN2O3/c1-7-13(19)15-12(18)6-16(7)9-3-4-10(8(2)17)11(14)5-9/h3-5,7-8,17H,6H2,1-2H3,(H,15,18,19). The number of anilines is 1. The first-order valence-electron chi connectivity index (χ1n) is 5.98. The van der Waals surface area contributed by atoms with Gasteiger partial charge in [0, 0.05) is 10.7 Å². The molecule has 2 atom stereocenters. The number of aliphatic hydroxyl groups is 1. The molecule has 2 amide bonds. The quantitative estimate of drug-likeness (QED) is 0.801. The molecule has 2 N–H and O–H groups in total. The van der Waals surface area contributed by atoms with Crippen LogP contribution in [0.4, 0.5) is 5.69 Å². The predicted octanol–water partition coefficient (Wildman–Crippen LogP) is 1.24. The van der Waals surface area contributed by atoms with E-state index in [1.807, 2.05) is 0 Å². The lowest BCUT2D eigenvalue weighted by atomic mass is 10.1. The van der Waals surface area contributed by atoms with E-state index in [4.69, 9.17) is 11.6 Å². The number of halogens is 1. The third-order valence-corrected chi connectivity index (χ3v) is 3.52. The molecule has 0 aliphatic carbocycles. The van der Waals surface area contributed by atoms with Crippen molar-refractivity contribution in [2.24, 2.45) is 0 Å². The fourth-order valence-electron chi connectivity index (χ4n) is 2.06. The second-order valence-electron chi connectivity index (χ2n) is 4.60. The Morgan fingerprint density at radius 3 is 2.74 bits per heavy atom. The highest BCUT2D eigenvalue weighted by Crippen LogP contribution is 2.29. The number of amides is 2. The van der Waals surface area contributed by atoms with Crippen molar-refractivity contribution in [2.45, 2.75) is 26.0 Å². The van der Waals surface area contributed by atoms with Gasteiger partial charge < -0.3 is 10.0 Å². The van der Waals surface area contributed by atoms with Gasteiger partial charge in [-0.25, -0.2) is 0 Å². The van der Waals surface area contributed by atoms with E-state index in [2.05, 4.69) is 5.32 Å². The van der Waals surface area contributed by atoms with Crippen LogP contribution >= 0.6 is 11.6 Å². The highest BCUT2D eigenvalue weighted by atomic mass is 35.5. The van der Waals surface area contributed by atoms with Crippen molar-refractivity contribution in [3.05, 3.63) is 28.8 Å². The number of nitrogens with zero attached hydrogens (tertiary/aromatic N) is 1. The van der Waals surface area contributed by atoms with Gasteiger partial charge in [0.15, 0.2) is 0 Å². The Bertz CT molecular complexity index is 531. The summed E-state index contributed by atoms with van der Waals surface area (Å²) in [5.41, 5.74) is 1.30. The number of aliphatic hydroxyl groups excluding tert-OH is 1. The van der Waals surface area contributed by atoms with E-state index in [0.29, 0.717) is 16.3 Å². The zero-order chi connectivity index (χ0) is 14.2. The number of carbonyl (C=O) groups is 2. The minimum atomic E-state index is -0.662. The first-order valence-corrected chi connectivity index (χ1v) is 6.36. The lowest BCUT2D eigenvalue weighted by Crippen LogP contribution is -2.57. The van der Waals surface area contributed by atoms with Crippen molar-refractivity contribution in [3.63, 3.8) is 0 Å². The molecule has 19 heavy (non-hydrogen) atoms. The van der Waals surface area contributed by atoms with E-state index >= 15 is 0 Å². The van der Waals surface area contributed by atoms with Gasteiger partial charge in [0.25, 0.3) is 0 Å². The second kappa shape index (κ2) is 5.19. The van der Waals surface area contributed by atoms with Gasteiger partial charge in [-0.05, 0) is 31.5 Å². The van der Waals surface area contributed by atoms with Crippen LogP contribution in [0, 0.1) is 0 Å². The molecule has 1 heterocycles. The van der Waals surface area contributed by atoms with Crippen molar-refractivity contribution < 1.29 is 14.7 Å². The van der Waals surface area contributed by atoms with Crippen molar-refractivity contribution in [2.75, 3.05) is 11.4 Å². The number of hydrogen-bond acceptors (Lipinski definition) is 4. The van der Waals surface area contributed by atoms with Crippen LogP contribution < -0.4 is 10.2 Å². The van der Waals surface area contributed by atoms with Crippen LogP contribution in [0.1, 0.15) is 25.5 Å². The fourth-order valence-corrected chi connectivity index (χ4v) is 2.40.